The monoisotopic (exact) mass is 653 g/mol. The number of hydrogen-bond donors (Lipinski definition) is 2. The number of halogens is 1. The highest BCUT2D eigenvalue weighted by atomic mass is 35.5. The molecule has 8 nitrogen and oxygen atoms in total. The first kappa shape index (κ1) is 31.0. The van der Waals surface area contributed by atoms with Crippen LogP contribution in [0, 0.1) is 0 Å². The van der Waals surface area contributed by atoms with Crippen molar-refractivity contribution in [3.63, 3.8) is 0 Å². The summed E-state index contributed by atoms with van der Waals surface area (Å²) in [6.45, 7) is -0.356. The number of rotatable bonds is 11. The number of aromatic carboxylic acids is 1. The van der Waals surface area contributed by atoms with Gasteiger partial charge in [0.2, 0.25) is 10.0 Å². The van der Waals surface area contributed by atoms with Crippen LogP contribution in [0.4, 0.5) is 0 Å². The minimum Gasteiger partial charge on any atom is -0.480 e. The van der Waals surface area contributed by atoms with E-state index in [1.54, 1.807) is 66.7 Å². The fourth-order valence-electron chi connectivity index (χ4n) is 5.68. The van der Waals surface area contributed by atoms with E-state index in [0.29, 0.717) is 27.6 Å². The minimum absolute atomic E-state index is 0.0117. The Balaban J connectivity index is 1.39. The van der Waals surface area contributed by atoms with Gasteiger partial charge >= 0.3 is 11.9 Å². The highest BCUT2D eigenvalue weighted by Gasteiger charge is 2.68. The molecule has 0 amide bonds. The Labute approximate surface area is 271 Å². The van der Waals surface area contributed by atoms with Gasteiger partial charge in [-0.2, -0.15) is 4.31 Å². The first-order chi connectivity index (χ1) is 22.1. The van der Waals surface area contributed by atoms with E-state index in [9.17, 15) is 28.2 Å². The molecule has 1 aliphatic rings. The normalized spacial score (nSPS) is 17.4. The third-order valence-corrected chi connectivity index (χ3v) is 10.3. The smallest absolute Gasteiger partial charge is 0.335 e. The van der Waals surface area contributed by atoms with Crippen molar-refractivity contribution in [1.82, 2.24) is 4.31 Å². The van der Waals surface area contributed by atoms with E-state index in [0.717, 1.165) is 15.4 Å². The summed E-state index contributed by atoms with van der Waals surface area (Å²) in [6.07, 6.45) is 0.0117. The summed E-state index contributed by atoms with van der Waals surface area (Å²) in [4.78, 5) is 24.8. The van der Waals surface area contributed by atoms with Crippen molar-refractivity contribution in [3.8, 4) is 22.6 Å². The molecule has 0 aromatic heterocycles. The first-order valence-electron chi connectivity index (χ1n) is 14.4. The number of carboxylic acids is 2. The number of carbonyl (C=O) groups is 2. The molecule has 0 bridgehead atoms. The number of carboxylic acid groups (broad SMARTS) is 2. The van der Waals surface area contributed by atoms with Crippen LogP contribution in [0.2, 0.25) is 5.02 Å². The lowest BCUT2D eigenvalue weighted by Gasteiger charge is -2.30. The molecule has 1 saturated carbocycles. The van der Waals surface area contributed by atoms with Gasteiger partial charge in [0.25, 0.3) is 0 Å². The van der Waals surface area contributed by atoms with E-state index >= 15 is 0 Å². The van der Waals surface area contributed by atoms with Gasteiger partial charge in [-0.05, 0) is 89.3 Å². The Morgan fingerprint density at radius 2 is 1.41 bits per heavy atom. The SMILES string of the molecule is O=C(O)c1cccc(CN(C2(C(=O)O)CC2c2cccc(Oc3ccccc3)c2)S(=O)(=O)c2ccc(-c3ccc(Cl)cc3)cc2)c1. The molecule has 5 aromatic carbocycles. The van der Waals surface area contributed by atoms with Crippen molar-refractivity contribution in [2.24, 2.45) is 0 Å². The lowest BCUT2D eigenvalue weighted by Crippen LogP contribution is -2.48. The Hall–Kier alpha value is -4.96. The van der Waals surface area contributed by atoms with Crippen LogP contribution in [0.25, 0.3) is 11.1 Å². The molecule has 0 heterocycles. The van der Waals surface area contributed by atoms with Crippen molar-refractivity contribution in [1.29, 1.82) is 0 Å². The Kier molecular flexibility index (Phi) is 8.39. The Morgan fingerprint density at radius 3 is 2.07 bits per heavy atom. The van der Waals surface area contributed by atoms with E-state index in [1.165, 1.54) is 30.3 Å². The van der Waals surface area contributed by atoms with Crippen LogP contribution in [0.15, 0.2) is 132 Å². The summed E-state index contributed by atoms with van der Waals surface area (Å²) in [6, 6.07) is 35.2. The summed E-state index contributed by atoms with van der Waals surface area (Å²) in [5.74, 6) is -2.10. The van der Waals surface area contributed by atoms with Gasteiger partial charge in [-0.15, -0.1) is 0 Å². The minimum atomic E-state index is -4.43. The summed E-state index contributed by atoms with van der Waals surface area (Å²) >= 11 is 6.02. The largest absolute Gasteiger partial charge is 0.480 e. The van der Waals surface area contributed by atoms with Gasteiger partial charge in [0.1, 0.15) is 17.0 Å². The lowest BCUT2D eigenvalue weighted by atomic mass is 10.0. The van der Waals surface area contributed by atoms with Gasteiger partial charge in [-0.3, -0.25) is 4.79 Å². The van der Waals surface area contributed by atoms with Crippen LogP contribution in [0.1, 0.15) is 33.8 Å². The number of ether oxygens (including phenoxy) is 1. The lowest BCUT2D eigenvalue weighted by molar-refractivity contribution is -0.143. The number of aliphatic carboxylic acids is 1. The molecule has 0 spiro atoms. The van der Waals surface area contributed by atoms with Crippen LogP contribution >= 0.6 is 11.6 Å². The van der Waals surface area contributed by atoms with Gasteiger partial charge < -0.3 is 14.9 Å². The Bertz CT molecular complexity index is 2020. The maximum atomic E-state index is 14.4. The predicted molar refractivity (Wildman–Crippen MR) is 174 cm³/mol. The van der Waals surface area contributed by atoms with Crippen LogP contribution in [-0.4, -0.2) is 40.4 Å². The molecule has 10 heteroatoms. The fourth-order valence-corrected chi connectivity index (χ4v) is 7.57. The molecule has 0 aliphatic heterocycles. The number of sulfonamides is 1. The number of hydrogen-bond acceptors (Lipinski definition) is 5. The zero-order valence-electron chi connectivity index (χ0n) is 24.3. The summed E-state index contributed by atoms with van der Waals surface area (Å²) in [5, 5.41) is 20.8. The number of benzene rings is 5. The third-order valence-electron chi connectivity index (χ3n) is 8.11. The average Bonchev–Trinajstić information content (AvgIpc) is 3.82. The van der Waals surface area contributed by atoms with Crippen molar-refractivity contribution in [3.05, 3.63) is 149 Å². The first-order valence-corrected chi connectivity index (χ1v) is 16.2. The van der Waals surface area contributed by atoms with Crippen LogP contribution in [0.3, 0.4) is 0 Å². The topological polar surface area (TPSA) is 121 Å². The molecule has 1 fully saturated rings. The van der Waals surface area contributed by atoms with E-state index in [4.69, 9.17) is 16.3 Å². The van der Waals surface area contributed by atoms with Crippen LogP contribution < -0.4 is 4.74 Å². The van der Waals surface area contributed by atoms with Gasteiger partial charge in [0, 0.05) is 17.5 Å². The number of para-hydroxylation sites is 1. The Morgan fingerprint density at radius 1 is 0.783 bits per heavy atom. The van der Waals surface area contributed by atoms with Gasteiger partial charge in [-0.25, -0.2) is 13.2 Å². The molecule has 6 rings (SSSR count). The second kappa shape index (κ2) is 12.4. The molecule has 2 N–H and O–H groups in total. The average molecular weight is 654 g/mol. The molecule has 0 radical (unpaired) electrons. The zero-order chi connectivity index (χ0) is 32.5. The maximum absolute atomic E-state index is 14.4. The summed E-state index contributed by atoms with van der Waals surface area (Å²) in [7, 11) is -4.43. The highest BCUT2D eigenvalue weighted by Crippen LogP contribution is 2.58. The van der Waals surface area contributed by atoms with Gasteiger partial charge in [0.15, 0.2) is 0 Å². The van der Waals surface area contributed by atoms with E-state index in [-0.39, 0.29) is 23.4 Å². The molecule has 1 aliphatic carbocycles. The van der Waals surface area contributed by atoms with Gasteiger partial charge in [-0.1, -0.05) is 78.3 Å². The van der Waals surface area contributed by atoms with E-state index in [2.05, 4.69) is 0 Å². The van der Waals surface area contributed by atoms with Crippen molar-refractivity contribution in [2.75, 3.05) is 0 Å². The zero-order valence-corrected chi connectivity index (χ0v) is 25.9. The van der Waals surface area contributed by atoms with Gasteiger partial charge in [0.05, 0.1) is 10.5 Å². The number of nitrogens with zero attached hydrogens (tertiary/aromatic N) is 1. The van der Waals surface area contributed by atoms with Crippen molar-refractivity contribution in [2.45, 2.75) is 29.3 Å². The highest BCUT2D eigenvalue weighted by molar-refractivity contribution is 7.89. The fraction of sp³-hybridized carbons (Fsp3) is 0.111. The maximum Gasteiger partial charge on any atom is 0.335 e. The quantitative estimate of drug-likeness (QED) is 0.150. The molecular weight excluding hydrogens is 626 g/mol. The molecular formula is C36H28ClNO7S. The summed E-state index contributed by atoms with van der Waals surface area (Å²) < 4.78 is 35.8. The molecule has 5 aromatic rings. The molecule has 232 valence electrons. The van der Waals surface area contributed by atoms with Crippen molar-refractivity contribution >= 4 is 33.6 Å². The van der Waals surface area contributed by atoms with E-state index in [1.807, 2.05) is 30.3 Å². The van der Waals surface area contributed by atoms with E-state index < -0.39 is 33.4 Å². The molecule has 2 unspecified atom stereocenters. The second-order valence-electron chi connectivity index (χ2n) is 11.0. The molecule has 2 atom stereocenters. The third kappa shape index (κ3) is 6.12. The molecule has 0 saturated heterocycles. The van der Waals surface area contributed by atoms with Crippen LogP contribution in [0.5, 0.6) is 11.5 Å². The summed E-state index contributed by atoms with van der Waals surface area (Å²) in [5.41, 5.74) is 0.659. The standard InChI is InChI=1S/C36H28ClNO7S/c37-29-16-12-25(13-17-29)26-14-18-32(19-15-26)46(43,44)38(23-24-6-4-8-28(20-24)34(39)40)36(35(41)42)22-33(36)27-7-5-11-31(21-27)45-30-9-2-1-3-10-30/h1-21,33H,22-23H2,(H,39,40)(H,41,42). The molecule has 46 heavy (non-hydrogen) atoms. The predicted octanol–water partition coefficient (Wildman–Crippen LogP) is 7.70. The van der Waals surface area contributed by atoms with Crippen molar-refractivity contribution < 1.29 is 33.0 Å². The van der Waals surface area contributed by atoms with Crippen LogP contribution in [-0.2, 0) is 21.4 Å². The second-order valence-corrected chi connectivity index (χ2v) is 13.3.